The van der Waals surface area contributed by atoms with Gasteiger partial charge in [-0.25, -0.2) is 9.97 Å². The van der Waals surface area contributed by atoms with E-state index in [4.69, 9.17) is 9.47 Å². The second kappa shape index (κ2) is 8.03. The van der Waals surface area contributed by atoms with Gasteiger partial charge in [-0.15, -0.1) is 0 Å². The predicted octanol–water partition coefficient (Wildman–Crippen LogP) is 2.98. The van der Waals surface area contributed by atoms with Gasteiger partial charge in [-0.05, 0) is 30.9 Å². The molecule has 2 heterocycles. The highest BCUT2D eigenvalue weighted by Gasteiger charge is 2.19. The van der Waals surface area contributed by atoms with Gasteiger partial charge < -0.3 is 19.7 Å². The standard InChI is InChI=1S/C19H24N4O3/c1-13-5-4-8-23(12-13)19-20-10-14(11-21-19)18(24)22-15-6-7-16(25-2)17(9-15)26-3/h6-7,9-11,13H,4-5,8,12H2,1-3H3,(H,22,24). The van der Waals surface area contributed by atoms with Crippen LogP contribution in [0.15, 0.2) is 30.6 Å². The molecule has 1 amide bonds. The first kappa shape index (κ1) is 18.0. The Hall–Kier alpha value is -2.83. The van der Waals surface area contributed by atoms with Crippen LogP contribution in [0.4, 0.5) is 11.6 Å². The van der Waals surface area contributed by atoms with Crippen molar-refractivity contribution < 1.29 is 14.3 Å². The molecule has 1 aliphatic rings. The third-order valence-electron chi connectivity index (χ3n) is 4.48. The summed E-state index contributed by atoms with van der Waals surface area (Å²) in [6, 6.07) is 5.20. The van der Waals surface area contributed by atoms with Gasteiger partial charge in [-0.3, -0.25) is 4.79 Å². The van der Waals surface area contributed by atoms with E-state index in [0.717, 1.165) is 19.5 Å². The van der Waals surface area contributed by atoms with E-state index < -0.39 is 0 Å². The van der Waals surface area contributed by atoms with Crippen molar-refractivity contribution >= 4 is 17.5 Å². The highest BCUT2D eigenvalue weighted by Crippen LogP contribution is 2.30. The molecule has 0 saturated carbocycles. The Bertz CT molecular complexity index is 764. The van der Waals surface area contributed by atoms with Crippen LogP contribution in [0.1, 0.15) is 30.1 Å². The topological polar surface area (TPSA) is 76.6 Å². The Balaban J connectivity index is 1.68. The van der Waals surface area contributed by atoms with Crippen molar-refractivity contribution in [1.82, 2.24) is 9.97 Å². The van der Waals surface area contributed by atoms with Crippen molar-refractivity contribution in [2.75, 3.05) is 37.5 Å². The van der Waals surface area contributed by atoms with Gasteiger partial charge in [0.05, 0.1) is 19.8 Å². The van der Waals surface area contributed by atoms with E-state index in [0.29, 0.717) is 34.6 Å². The second-order valence-electron chi connectivity index (χ2n) is 6.49. The highest BCUT2D eigenvalue weighted by atomic mass is 16.5. The molecule has 1 atom stereocenters. The van der Waals surface area contributed by atoms with Gasteiger partial charge in [0.25, 0.3) is 5.91 Å². The molecular formula is C19H24N4O3. The first-order chi connectivity index (χ1) is 12.6. The zero-order valence-electron chi connectivity index (χ0n) is 15.4. The minimum absolute atomic E-state index is 0.268. The lowest BCUT2D eigenvalue weighted by atomic mass is 10.0. The number of nitrogens with one attached hydrogen (secondary N) is 1. The molecular weight excluding hydrogens is 332 g/mol. The lowest BCUT2D eigenvalue weighted by Gasteiger charge is -2.30. The smallest absolute Gasteiger partial charge is 0.258 e. The molecule has 138 valence electrons. The SMILES string of the molecule is COc1ccc(NC(=O)c2cnc(N3CCCC(C)C3)nc2)cc1OC. The molecule has 1 saturated heterocycles. The minimum atomic E-state index is -0.268. The summed E-state index contributed by atoms with van der Waals surface area (Å²) < 4.78 is 10.4. The van der Waals surface area contributed by atoms with Crippen LogP contribution in [-0.2, 0) is 0 Å². The van der Waals surface area contributed by atoms with Crippen LogP contribution in [0.25, 0.3) is 0 Å². The van der Waals surface area contributed by atoms with Crippen molar-refractivity contribution in [2.45, 2.75) is 19.8 Å². The van der Waals surface area contributed by atoms with Crippen LogP contribution >= 0.6 is 0 Å². The Morgan fingerprint density at radius 1 is 1.19 bits per heavy atom. The third-order valence-corrected chi connectivity index (χ3v) is 4.48. The summed E-state index contributed by atoms with van der Waals surface area (Å²) in [7, 11) is 3.12. The van der Waals surface area contributed by atoms with Gasteiger partial charge in [0, 0.05) is 37.2 Å². The van der Waals surface area contributed by atoms with E-state index in [9.17, 15) is 4.79 Å². The normalized spacial score (nSPS) is 16.9. The van der Waals surface area contributed by atoms with E-state index in [1.54, 1.807) is 44.8 Å². The number of rotatable bonds is 5. The maximum atomic E-state index is 12.4. The predicted molar refractivity (Wildman–Crippen MR) is 100 cm³/mol. The van der Waals surface area contributed by atoms with Crippen molar-refractivity contribution in [3.8, 4) is 11.5 Å². The summed E-state index contributed by atoms with van der Waals surface area (Å²) in [5, 5.41) is 2.82. The summed E-state index contributed by atoms with van der Waals surface area (Å²) >= 11 is 0. The van der Waals surface area contributed by atoms with Gasteiger partial charge in [-0.2, -0.15) is 0 Å². The number of methoxy groups -OCH3 is 2. The molecule has 1 aromatic heterocycles. The molecule has 0 spiro atoms. The van der Waals surface area contributed by atoms with E-state index >= 15 is 0 Å². The van der Waals surface area contributed by atoms with E-state index in [-0.39, 0.29) is 5.91 Å². The number of piperidine rings is 1. The van der Waals surface area contributed by atoms with Gasteiger partial charge in [-0.1, -0.05) is 6.92 Å². The van der Waals surface area contributed by atoms with Crippen LogP contribution < -0.4 is 19.7 Å². The lowest BCUT2D eigenvalue weighted by Crippen LogP contribution is -2.35. The lowest BCUT2D eigenvalue weighted by molar-refractivity contribution is 0.102. The van der Waals surface area contributed by atoms with Crippen LogP contribution in [0.3, 0.4) is 0 Å². The Morgan fingerprint density at radius 3 is 2.58 bits per heavy atom. The minimum Gasteiger partial charge on any atom is -0.493 e. The maximum absolute atomic E-state index is 12.4. The largest absolute Gasteiger partial charge is 0.493 e. The third kappa shape index (κ3) is 4.04. The monoisotopic (exact) mass is 356 g/mol. The molecule has 1 unspecified atom stereocenters. The molecule has 7 nitrogen and oxygen atoms in total. The fraction of sp³-hybridized carbons (Fsp3) is 0.421. The number of ether oxygens (including phenoxy) is 2. The summed E-state index contributed by atoms with van der Waals surface area (Å²) in [5.74, 6) is 2.21. The van der Waals surface area contributed by atoms with E-state index in [1.807, 2.05) is 0 Å². The number of hydrogen-bond donors (Lipinski definition) is 1. The average molecular weight is 356 g/mol. The quantitative estimate of drug-likeness (QED) is 0.887. The average Bonchev–Trinajstić information content (AvgIpc) is 2.68. The van der Waals surface area contributed by atoms with Gasteiger partial charge >= 0.3 is 0 Å². The number of nitrogens with zero attached hydrogens (tertiary/aromatic N) is 3. The number of anilines is 2. The molecule has 3 rings (SSSR count). The van der Waals surface area contributed by atoms with Crippen LogP contribution in [0, 0.1) is 5.92 Å². The molecule has 1 aliphatic heterocycles. The first-order valence-electron chi connectivity index (χ1n) is 8.71. The number of carbonyl (C=O) groups excluding carboxylic acids is 1. The van der Waals surface area contributed by atoms with Gasteiger partial charge in [0.15, 0.2) is 11.5 Å². The number of aromatic nitrogens is 2. The zero-order chi connectivity index (χ0) is 18.5. The highest BCUT2D eigenvalue weighted by molar-refractivity contribution is 6.04. The summed E-state index contributed by atoms with van der Waals surface area (Å²) in [6.45, 7) is 4.15. The first-order valence-corrected chi connectivity index (χ1v) is 8.71. The number of carbonyl (C=O) groups is 1. The number of benzene rings is 1. The Kier molecular flexibility index (Phi) is 5.55. The number of hydrogen-bond acceptors (Lipinski definition) is 6. The van der Waals surface area contributed by atoms with Crippen LogP contribution in [-0.4, -0.2) is 43.2 Å². The molecule has 0 aliphatic carbocycles. The van der Waals surface area contributed by atoms with E-state index in [1.165, 1.54) is 6.42 Å². The Labute approximate surface area is 153 Å². The van der Waals surface area contributed by atoms with Gasteiger partial charge in [0.1, 0.15) is 0 Å². The van der Waals surface area contributed by atoms with Crippen LogP contribution in [0.2, 0.25) is 0 Å². The van der Waals surface area contributed by atoms with Crippen LogP contribution in [0.5, 0.6) is 11.5 Å². The molecule has 0 radical (unpaired) electrons. The molecule has 26 heavy (non-hydrogen) atoms. The van der Waals surface area contributed by atoms with Gasteiger partial charge in [0.2, 0.25) is 5.95 Å². The summed E-state index contributed by atoms with van der Waals surface area (Å²) in [6.07, 6.45) is 5.52. The fourth-order valence-electron chi connectivity index (χ4n) is 3.09. The Morgan fingerprint density at radius 2 is 1.92 bits per heavy atom. The summed E-state index contributed by atoms with van der Waals surface area (Å²) in [5.41, 5.74) is 1.02. The van der Waals surface area contributed by atoms with Crippen molar-refractivity contribution in [2.24, 2.45) is 5.92 Å². The molecule has 7 heteroatoms. The van der Waals surface area contributed by atoms with Crippen molar-refractivity contribution in [1.29, 1.82) is 0 Å². The number of amides is 1. The van der Waals surface area contributed by atoms with Crippen molar-refractivity contribution in [3.63, 3.8) is 0 Å². The summed E-state index contributed by atoms with van der Waals surface area (Å²) in [4.78, 5) is 23.3. The van der Waals surface area contributed by atoms with E-state index in [2.05, 4.69) is 27.1 Å². The molecule has 1 aromatic carbocycles. The second-order valence-corrected chi connectivity index (χ2v) is 6.49. The zero-order valence-corrected chi connectivity index (χ0v) is 15.4. The maximum Gasteiger partial charge on any atom is 0.258 e. The molecule has 1 N–H and O–H groups in total. The fourth-order valence-corrected chi connectivity index (χ4v) is 3.09. The van der Waals surface area contributed by atoms with Crippen molar-refractivity contribution in [3.05, 3.63) is 36.2 Å². The molecule has 2 aromatic rings. The molecule has 1 fully saturated rings. The molecule has 0 bridgehead atoms.